The highest BCUT2D eigenvalue weighted by atomic mass is 19.4. The molecule has 25 heavy (non-hydrogen) atoms. The molecule has 0 bridgehead atoms. The molecule has 2 aromatic carbocycles. The monoisotopic (exact) mass is 351 g/mol. The number of alkyl halides is 3. The minimum absolute atomic E-state index is 0.283. The van der Waals surface area contributed by atoms with Gasteiger partial charge in [-0.15, -0.1) is 0 Å². The van der Waals surface area contributed by atoms with Crippen LogP contribution in [-0.2, 0) is 22.3 Å². The molecule has 1 atom stereocenters. The van der Waals surface area contributed by atoms with Gasteiger partial charge in [0.15, 0.2) is 0 Å². The van der Waals surface area contributed by atoms with Crippen LogP contribution in [0.15, 0.2) is 54.6 Å². The fourth-order valence-electron chi connectivity index (χ4n) is 2.56. The summed E-state index contributed by atoms with van der Waals surface area (Å²) in [5, 5.41) is 0. The number of amides is 1. The SMILES string of the molecule is NC(=O)C(CCCOCc1ccccc1)c1cccc(C(F)(F)F)c1. The molecule has 0 aliphatic heterocycles. The summed E-state index contributed by atoms with van der Waals surface area (Å²) in [7, 11) is 0. The normalized spacial score (nSPS) is 12.8. The van der Waals surface area contributed by atoms with E-state index in [1.54, 1.807) is 0 Å². The molecular weight excluding hydrogens is 331 g/mol. The van der Waals surface area contributed by atoms with Crippen LogP contribution in [0.2, 0.25) is 0 Å². The molecule has 2 N–H and O–H groups in total. The zero-order chi connectivity index (χ0) is 18.3. The summed E-state index contributed by atoms with van der Waals surface area (Å²) < 4.78 is 44.0. The van der Waals surface area contributed by atoms with E-state index in [1.165, 1.54) is 12.1 Å². The number of hydrogen-bond acceptors (Lipinski definition) is 2. The number of benzene rings is 2. The van der Waals surface area contributed by atoms with Crippen LogP contribution < -0.4 is 5.73 Å². The summed E-state index contributed by atoms with van der Waals surface area (Å²) in [5.74, 6) is -1.40. The number of nitrogens with two attached hydrogens (primary N) is 1. The second-order valence-electron chi connectivity index (χ2n) is 5.76. The third-order valence-corrected chi connectivity index (χ3v) is 3.85. The number of halogens is 3. The Morgan fingerprint density at radius 2 is 1.80 bits per heavy atom. The first-order valence-electron chi connectivity index (χ1n) is 7.96. The summed E-state index contributed by atoms with van der Waals surface area (Å²) >= 11 is 0. The van der Waals surface area contributed by atoms with Crippen LogP contribution in [0.3, 0.4) is 0 Å². The van der Waals surface area contributed by atoms with Gasteiger partial charge < -0.3 is 10.5 Å². The van der Waals surface area contributed by atoms with Gasteiger partial charge in [-0.05, 0) is 30.0 Å². The molecule has 3 nitrogen and oxygen atoms in total. The van der Waals surface area contributed by atoms with Gasteiger partial charge in [-0.3, -0.25) is 4.79 Å². The van der Waals surface area contributed by atoms with Crippen LogP contribution in [0.1, 0.15) is 35.4 Å². The Kier molecular flexibility index (Phi) is 6.58. The third-order valence-electron chi connectivity index (χ3n) is 3.85. The molecule has 2 aromatic rings. The second-order valence-corrected chi connectivity index (χ2v) is 5.76. The maximum atomic E-state index is 12.8. The predicted molar refractivity (Wildman–Crippen MR) is 88.7 cm³/mol. The maximum Gasteiger partial charge on any atom is 0.416 e. The van der Waals surface area contributed by atoms with Crippen LogP contribution in [0.4, 0.5) is 13.2 Å². The van der Waals surface area contributed by atoms with E-state index in [1.807, 2.05) is 30.3 Å². The Bertz CT molecular complexity index is 687. The van der Waals surface area contributed by atoms with Gasteiger partial charge in [-0.2, -0.15) is 13.2 Å². The van der Waals surface area contributed by atoms with E-state index in [0.717, 1.165) is 17.7 Å². The number of carbonyl (C=O) groups is 1. The maximum absolute atomic E-state index is 12.8. The van der Waals surface area contributed by atoms with E-state index in [9.17, 15) is 18.0 Å². The molecule has 0 aliphatic carbocycles. The zero-order valence-electron chi connectivity index (χ0n) is 13.6. The average molecular weight is 351 g/mol. The first-order valence-corrected chi connectivity index (χ1v) is 7.96. The minimum Gasteiger partial charge on any atom is -0.377 e. The molecule has 6 heteroatoms. The van der Waals surface area contributed by atoms with Crippen molar-refractivity contribution in [1.82, 2.24) is 0 Å². The smallest absolute Gasteiger partial charge is 0.377 e. The summed E-state index contributed by atoms with van der Waals surface area (Å²) in [6.45, 7) is 0.850. The van der Waals surface area contributed by atoms with Gasteiger partial charge in [0.25, 0.3) is 0 Å². The van der Waals surface area contributed by atoms with Crippen molar-refractivity contribution in [2.24, 2.45) is 5.73 Å². The van der Waals surface area contributed by atoms with Crippen molar-refractivity contribution in [3.63, 3.8) is 0 Å². The quantitative estimate of drug-likeness (QED) is 0.722. The van der Waals surface area contributed by atoms with Gasteiger partial charge in [-0.1, -0.05) is 48.5 Å². The largest absolute Gasteiger partial charge is 0.416 e. The van der Waals surface area contributed by atoms with Crippen molar-refractivity contribution >= 4 is 5.91 Å². The van der Waals surface area contributed by atoms with Crippen LogP contribution in [0.5, 0.6) is 0 Å². The Morgan fingerprint density at radius 3 is 2.44 bits per heavy atom. The minimum atomic E-state index is -4.45. The number of carbonyl (C=O) groups excluding carboxylic acids is 1. The molecular formula is C19H20F3NO2. The third kappa shape index (κ3) is 5.90. The number of hydrogen-bond donors (Lipinski definition) is 1. The van der Waals surface area contributed by atoms with Gasteiger partial charge in [0.1, 0.15) is 0 Å². The molecule has 134 valence electrons. The Morgan fingerprint density at radius 1 is 1.08 bits per heavy atom. The standard InChI is InChI=1S/C19H20F3NO2/c20-19(21,22)16-9-4-8-15(12-16)17(18(23)24)10-5-11-25-13-14-6-2-1-3-7-14/h1-4,6-9,12,17H,5,10-11,13H2,(H2,23,24). The van der Waals surface area contributed by atoms with Gasteiger partial charge in [0, 0.05) is 6.61 Å². The molecule has 0 aliphatic rings. The molecule has 0 spiro atoms. The van der Waals surface area contributed by atoms with E-state index in [0.29, 0.717) is 26.1 Å². The summed E-state index contributed by atoms with van der Waals surface area (Å²) in [6, 6.07) is 14.4. The Hall–Kier alpha value is -2.34. The molecule has 0 radical (unpaired) electrons. The van der Waals surface area contributed by atoms with Gasteiger partial charge >= 0.3 is 6.18 Å². The fraction of sp³-hybridized carbons (Fsp3) is 0.316. The average Bonchev–Trinajstić information content (AvgIpc) is 2.58. The van der Waals surface area contributed by atoms with E-state index in [4.69, 9.17) is 10.5 Å². The Balaban J connectivity index is 1.90. The lowest BCUT2D eigenvalue weighted by Gasteiger charge is -2.16. The first-order chi connectivity index (χ1) is 11.9. The molecule has 1 amide bonds. The summed E-state index contributed by atoms with van der Waals surface area (Å²) in [5.41, 5.74) is 5.91. The van der Waals surface area contributed by atoms with E-state index in [-0.39, 0.29) is 5.56 Å². The zero-order valence-corrected chi connectivity index (χ0v) is 13.6. The van der Waals surface area contributed by atoms with Crippen molar-refractivity contribution in [1.29, 1.82) is 0 Å². The number of ether oxygens (including phenoxy) is 1. The van der Waals surface area contributed by atoms with Crippen LogP contribution >= 0.6 is 0 Å². The molecule has 0 heterocycles. The summed E-state index contributed by atoms with van der Waals surface area (Å²) in [6.07, 6.45) is -3.58. The lowest BCUT2D eigenvalue weighted by molar-refractivity contribution is -0.137. The highest BCUT2D eigenvalue weighted by Crippen LogP contribution is 2.32. The molecule has 1 unspecified atom stereocenters. The van der Waals surface area contributed by atoms with E-state index >= 15 is 0 Å². The van der Waals surface area contributed by atoms with Crippen molar-refractivity contribution < 1.29 is 22.7 Å². The number of rotatable bonds is 8. The van der Waals surface area contributed by atoms with Crippen molar-refractivity contribution in [3.8, 4) is 0 Å². The van der Waals surface area contributed by atoms with Gasteiger partial charge in [0.2, 0.25) is 5.91 Å². The lowest BCUT2D eigenvalue weighted by atomic mass is 9.92. The van der Waals surface area contributed by atoms with Crippen LogP contribution in [0.25, 0.3) is 0 Å². The highest BCUT2D eigenvalue weighted by molar-refractivity contribution is 5.81. The van der Waals surface area contributed by atoms with E-state index in [2.05, 4.69) is 0 Å². The van der Waals surface area contributed by atoms with Crippen molar-refractivity contribution in [2.75, 3.05) is 6.61 Å². The van der Waals surface area contributed by atoms with Crippen molar-refractivity contribution in [3.05, 3.63) is 71.3 Å². The predicted octanol–water partition coefficient (Wildman–Crippen LogP) is 4.27. The topological polar surface area (TPSA) is 52.3 Å². The van der Waals surface area contributed by atoms with Crippen LogP contribution in [-0.4, -0.2) is 12.5 Å². The Labute approximate surface area is 144 Å². The van der Waals surface area contributed by atoms with E-state index < -0.39 is 23.6 Å². The molecule has 0 fully saturated rings. The summed E-state index contributed by atoms with van der Waals surface area (Å²) in [4.78, 5) is 11.6. The van der Waals surface area contributed by atoms with Gasteiger partial charge in [-0.25, -0.2) is 0 Å². The first kappa shape index (κ1) is 19.0. The highest BCUT2D eigenvalue weighted by Gasteiger charge is 2.31. The van der Waals surface area contributed by atoms with Crippen LogP contribution in [0, 0.1) is 0 Å². The molecule has 2 rings (SSSR count). The fourth-order valence-corrected chi connectivity index (χ4v) is 2.56. The van der Waals surface area contributed by atoms with Crippen molar-refractivity contribution in [2.45, 2.75) is 31.5 Å². The second kappa shape index (κ2) is 8.67. The van der Waals surface area contributed by atoms with Gasteiger partial charge in [0.05, 0.1) is 18.1 Å². The lowest BCUT2D eigenvalue weighted by Crippen LogP contribution is -2.22. The molecule has 0 aromatic heterocycles. The molecule has 0 saturated heterocycles. The number of primary amides is 1. The molecule has 0 saturated carbocycles.